The van der Waals surface area contributed by atoms with Crippen molar-refractivity contribution in [3.05, 3.63) is 29.8 Å². The Bertz CT molecular complexity index is 425. The Balaban J connectivity index is 2.42. The van der Waals surface area contributed by atoms with Crippen molar-refractivity contribution in [1.82, 2.24) is 5.32 Å². The molecule has 0 radical (unpaired) electrons. The third kappa shape index (κ3) is 6.17. The maximum atomic E-state index is 11.8. The molecule has 0 atom stereocenters. The van der Waals surface area contributed by atoms with Crippen LogP contribution < -0.4 is 10.6 Å². The van der Waals surface area contributed by atoms with E-state index in [1.54, 1.807) is 7.11 Å². The van der Waals surface area contributed by atoms with Crippen molar-refractivity contribution >= 4 is 11.6 Å². The van der Waals surface area contributed by atoms with E-state index in [-0.39, 0.29) is 11.3 Å². The van der Waals surface area contributed by atoms with Crippen molar-refractivity contribution in [2.45, 2.75) is 32.6 Å². The molecule has 0 spiro atoms. The SMILES string of the molecule is COCCNCCC(=O)Nc1cccc(C(C)(C)C)c1. The van der Waals surface area contributed by atoms with Gasteiger partial charge < -0.3 is 15.4 Å². The molecule has 0 aliphatic carbocycles. The molecule has 4 nitrogen and oxygen atoms in total. The molecule has 1 aromatic rings. The number of rotatable bonds is 7. The highest BCUT2D eigenvalue weighted by Crippen LogP contribution is 2.24. The second kappa shape index (κ2) is 8.02. The summed E-state index contributed by atoms with van der Waals surface area (Å²) in [7, 11) is 1.66. The number of benzene rings is 1. The van der Waals surface area contributed by atoms with E-state index in [2.05, 4.69) is 37.5 Å². The minimum atomic E-state index is 0.0287. The second-order valence-corrected chi connectivity index (χ2v) is 5.87. The highest BCUT2D eigenvalue weighted by atomic mass is 16.5. The van der Waals surface area contributed by atoms with Gasteiger partial charge in [-0.3, -0.25) is 4.79 Å². The standard InChI is InChI=1S/C16H26N2O2/c1-16(2,3)13-6-5-7-14(12-13)18-15(19)8-9-17-10-11-20-4/h5-7,12,17H,8-11H2,1-4H3,(H,18,19). The van der Waals surface area contributed by atoms with Gasteiger partial charge in [-0.15, -0.1) is 0 Å². The molecule has 1 rings (SSSR count). The molecular formula is C16H26N2O2. The Morgan fingerprint density at radius 1 is 1.25 bits per heavy atom. The Kier molecular flexibility index (Phi) is 6.68. The summed E-state index contributed by atoms with van der Waals surface area (Å²) in [5.41, 5.74) is 2.16. The molecule has 20 heavy (non-hydrogen) atoms. The fourth-order valence-electron chi connectivity index (χ4n) is 1.79. The van der Waals surface area contributed by atoms with Gasteiger partial charge in [0.2, 0.25) is 5.91 Å². The first-order valence-electron chi connectivity index (χ1n) is 7.03. The predicted molar refractivity (Wildman–Crippen MR) is 83.1 cm³/mol. The maximum Gasteiger partial charge on any atom is 0.225 e. The van der Waals surface area contributed by atoms with Gasteiger partial charge in [0.05, 0.1) is 6.61 Å². The van der Waals surface area contributed by atoms with E-state index >= 15 is 0 Å². The molecular weight excluding hydrogens is 252 g/mol. The third-order valence-electron chi connectivity index (χ3n) is 3.02. The zero-order valence-corrected chi connectivity index (χ0v) is 13.0. The topological polar surface area (TPSA) is 50.4 Å². The van der Waals surface area contributed by atoms with Crippen molar-refractivity contribution in [2.75, 3.05) is 32.1 Å². The van der Waals surface area contributed by atoms with Crippen molar-refractivity contribution < 1.29 is 9.53 Å². The van der Waals surface area contributed by atoms with Crippen molar-refractivity contribution in [2.24, 2.45) is 0 Å². The van der Waals surface area contributed by atoms with E-state index in [9.17, 15) is 4.79 Å². The zero-order valence-electron chi connectivity index (χ0n) is 13.0. The molecule has 0 unspecified atom stereocenters. The molecule has 1 aromatic carbocycles. The van der Waals surface area contributed by atoms with E-state index < -0.39 is 0 Å². The summed E-state index contributed by atoms with van der Waals surface area (Å²) < 4.78 is 4.93. The van der Waals surface area contributed by atoms with Crippen LogP contribution in [-0.2, 0) is 14.9 Å². The molecule has 0 heterocycles. The lowest BCUT2D eigenvalue weighted by Crippen LogP contribution is -2.24. The molecule has 0 bridgehead atoms. The zero-order chi connectivity index (χ0) is 15.0. The molecule has 0 saturated heterocycles. The van der Waals surface area contributed by atoms with Crippen LogP contribution in [0.25, 0.3) is 0 Å². The van der Waals surface area contributed by atoms with Crippen LogP contribution in [-0.4, -0.2) is 32.7 Å². The molecule has 1 amide bonds. The fraction of sp³-hybridized carbons (Fsp3) is 0.562. The molecule has 112 valence electrons. The predicted octanol–water partition coefficient (Wildman–Crippen LogP) is 2.55. The smallest absolute Gasteiger partial charge is 0.225 e. The quantitative estimate of drug-likeness (QED) is 0.754. The summed E-state index contributed by atoms with van der Waals surface area (Å²) in [5, 5.41) is 6.09. The first-order chi connectivity index (χ1) is 9.43. The number of hydrogen-bond donors (Lipinski definition) is 2. The average Bonchev–Trinajstić information content (AvgIpc) is 2.38. The van der Waals surface area contributed by atoms with Gasteiger partial charge in [0.25, 0.3) is 0 Å². The maximum absolute atomic E-state index is 11.8. The van der Waals surface area contributed by atoms with Gasteiger partial charge in [-0.25, -0.2) is 0 Å². The first kappa shape index (κ1) is 16.7. The molecule has 0 fully saturated rings. The van der Waals surface area contributed by atoms with Crippen LogP contribution in [0.15, 0.2) is 24.3 Å². The second-order valence-electron chi connectivity index (χ2n) is 5.87. The van der Waals surface area contributed by atoms with Gasteiger partial charge in [-0.2, -0.15) is 0 Å². The van der Waals surface area contributed by atoms with Crippen molar-refractivity contribution in [3.63, 3.8) is 0 Å². The normalized spacial score (nSPS) is 11.4. The van der Waals surface area contributed by atoms with E-state index in [1.165, 1.54) is 5.56 Å². The number of carbonyl (C=O) groups excluding carboxylic acids is 1. The number of anilines is 1. The van der Waals surface area contributed by atoms with Crippen LogP contribution in [0, 0.1) is 0 Å². The molecule has 2 N–H and O–H groups in total. The molecule has 0 saturated carbocycles. The van der Waals surface area contributed by atoms with E-state index in [0.29, 0.717) is 19.6 Å². The van der Waals surface area contributed by atoms with E-state index in [4.69, 9.17) is 4.74 Å². The summed E-state index contributed by atoms with van der Waals surface area (Å²) >= 11 is 0. The largest absolute Gasteiger partial charge is 0.383 e. The number of hydrogen-bond acceptors (Lipinski definition) is 3. The number of methoxy groups -OCH3 is 1. The van der Waals surface area contributed by atoms with E-state index in [0.717, 1.165) is 12.2 Å². The minimum absolute atomic E-state index is 0.0287. The summed E-state index contributed by atoms with van der Waals surface area (Å²) in [6, 6.07) is 8.02. The van der Waals surface area contributed by atoms with Crippen LogP contribution >= 0.6 is 0 Å². The van der Waals surface area contributed by atoms with Gasteiger partial charge >= 0.3 is 0 Å². The van der Waals surface area contributed by atoms with Gasteiger partial charge in [-0.1, -0.05) is 32.9 Å². The Morgan fingerprint density at radius 2 is 2.00 bits per heavy atom. The summed E-state index contributed by atoms with van der Waals surface area (Å²) in [4.78, 5) is 11.8. The number of nitrogens with one attached hydrogen (secondary N) is 2. The minimum Gasteiger partial charge on any atom is -0.383 e. The molecule has 0 aliphatic heterocycles. The monoisotopic (exact) mass is 278 g/mol. The number of carbonyl (C=O) groups is 1. The van der Waals surface area contributed by atoms with Crippen molar-refractivity contribution in [3.8, 4) is 0 Å². The fourth-order valence-corrected chi connectivity index (χ4v) is 1.79. The van der Waals surface area contributed by atoms with Gasteiger partial charge in [-0.05, 0) is 23.1 Å². The Morgan fingerprint density at radius 3 is 2.65 bits per heavy atom. The average molecular weight is 278 g/mol. The lowest BCUT2D eigenvalue weighted by atomic mass is 9.87. The summed E-state index contributed by atoms with van der Waals surface area (Å²) in [5.74, 6) is 0.0287. The molecule has 4 heteroatoms. The van der Waals surface area contributed by atoms with Crippen LogP contribution in [0.5, 0.6) is 0 Å². The molecule has 0 aliphatic rings. The number of ether oxygens (including phenoxy) is 1. The number of amides is 1. The lowest BCUT2D eigenvalue weighted by Gasteiger charge is -2.19. The Labute approximate surface area is 121 Å². The van der Waals surface area contributed by atoms with Gasteiger partial charge in [0.15, 0.2) is 0 Å². The van der Waals surface area contributed by atoms with Crippen LogP contribution in [0.2, 0.25) is 0 Å². The van der Waals surface area contributed by atoms with Crippen LogP contribution in [0.1, 0.15) is 32.8 Å². The van der Waals surface area contributed by atoms with Crippen molar-refractivity contribution in [1.29, 1.82) is 0 Å². The Hall–Kier alpha value is -1.39. The highest BCUT2D eigenvalue weighted by molar-refractivity contribution is 5.90. The van der Waals surface area contributed by atoms with Gasteiger partial charge in [0, 0.05) is 32.3 Å². The lowest BCUT2D eigenvalue weighted by molar-refractivity contribution is -0.116. The highest BCUT2D eigenvalue weighted by Gasteiger charge is 2.14. The summed E-state index contributed by atoms with van der Waals surface area (Å²) in [6.45, 7) is 8.57. The first-order valence-corrected chi connectivity index (χ1v) is 7.03. The third-order valence-corrected chi connectivity index (χ3v) is 3.02. The summed E-state index contributed by atoms with van der Waals surface area (Å²) in [6.07, 6.45) is 0.462. The van der Waals surface area contributed by atoms with Crippen LogP contribution in [0.4, 0.5) is 5.69 Å². The van der Waals surface area contributed by atoms with E-state index in [1.807, 2.05) is 18.2 Å². The van der Waals surface area contributed by atoms with Crippen LogP contribution in [0.3, 0.4) is 0 Å². The molecule has 0 aromatic heterocycles. The van der Waals surface area contributed by atoms with Gasteiger partial charge in [0.1, 0.15) is 0 Å².